The third kappa shape index (κ3) is 2.86. The molecule has 0 fully saturated rings. The van der Waals surface area contributed by atoms with Crippen LogP contribution < -0.4 is 0 Å². The minimum atomic E-state index is -0.287. The van der Waals surface area contributed by atoms with Crippen LogP contribution in [0.4, 0.5) is 0 Å². The number of rotatable bonds is 5. The van der Waals surface area contributed by atoms with Crippen LogP contribution in [0, 0.1) is 0 Å². The summed E-state index contributed by atoms with van der Waals surface area (Å²) in [7, 11) is 1.92. The maximum atomic E-state index is 11.8. The van der Waals surface area contributed by atoms with E-state index in [1.54, 1.807) is 13.0 Å². The van der Waals surface area contributed by atoms with E-state index >= 15 is 0 Å². The molecule has 0 spiro atoms. The maximum Gasteiger partial charge on any atom is 0.354 e. The van der Waals surface area contributed by atoms with Crippen molar-refractivity contribution in [3.8, 4) is 0 Å². The van der Waals surface area contributed by atoms with Crippen molar-refractivity contribution in [1.29, 1.82) is 0 Å². The van der Waals surface area contributed by atoms with Crippen LogP contribution >= 0.6 is 0 Å². The number of aromatic nitrogens is 3. The molecule has 0 unspecified atom stereocenters. The Labute approximate surface area is 112 Å². The smallest absolute Gasteiger partial charge is 0.354 e. The second-order valence-corrected chi connectivity index (χ2v) is 4.35. The van der Waals surface area contributed by atoms with Gasteiger partial charge in [0.1, 0.15) is 5.69 Å². The van der Waals surface area contributed by atoms with Gasteiger partial charge in [-0.25, -0.2) is 4.79 Å². The number of hydrogen-bond acceptors (Lipinski definition) is 3. The number of carbonyl (C=O) groups excluding carboxylic acids is 1. The van der Waals surface area contributed by atoms with Gasteiger partial charge >= 0.3 is 5.97 Å². The fourth-order valence-corrected chi connectivity index (χ4v) is 2.01. The van der Waals surface area contributed by atoms with E-state index in [-0.39, 0.29) is 5.97 Å². The summed E-state index contributed by atoms with van der Waals surface area (Å²) in [5.41, 5.74) is 2.70. The van der Waals surface area contributed by atoms with Crippen LogP contribution in [0.25, 0.3) is 0 Å². The number of hydrogen-bond donors (Lipinski definition) is 0. The number of nitrogens with zero attached hydrogens (tertiary/aromatic N) is 3. The topological polar surface area (TPSA) is 49.1 Å². The zero-order valence-electron chi connectivity index (χ0n) is 11.6. The fourth-order valence-electron chi connectivity index (χ4n) is 2.01. The lowest BCUT2D eigenvalue weighted by Crippen LogP contribution is -2.13. The van der Waals surface area contributed by atoms with E-state index < -0.39 is 0 Å². The van der Waals surface area contributed by atoms with Crippen molar-refractivity contribution in [3.05, 3.63) is 41.5 Å². The molecule has 2 rings (SSSR count). The maximum absolute atomic E-state index is 11.8. The van der Waals surface area contributed by atoms with Crippen molar-refractivity contribution in [2.45, 2.75) is 26.8 Å². The van der Waals surface area contributed by atoms with Gasteiger partial charge in [0.05, 0.1) is 24.5 Å². The number of aryl methyl sites for hydroxylation is 2. The molecule has 0 amide bonds. The zero-order valence-corrected chi connectivity index (χ0v) is 11.6. The first-order valence-electron chi connectivity index (χ1n) is 6.49. The molecule has 0 aliphatic heterocycles. The van der Waals surface area contributed by atoms with Crippen LogP contribution in [0.15, 0.2) is 24.4 Å². The van der Waals surface area contributed by atoms with Gasteiger partial charge in [0.25, 0.3) is 0 Å². The van der Waals surface area contributed by atoms with Gasteiger partial charge in [-0.15, -0.1) is 0 Å². The first-order valence-corrected chi connectivity index (χ1v) is 6.49. The Morgan fingerprint density at radius 3 is 2.84 bits per heavy atom. The molecule has 102 valence electrons. The van der Waals surface area contributed by atoms with Crippen LogP contribution in [0.5, 0.6) is 0 Å². The van der Waals surface area contributed by atoms with E-state index in [1.165, 1.54) is 0 Å². The van der Waals surface area contributed by atoms with E-state index in [1.807, 2.05) is 28.6 Å². The third-order valence-corrected chi connectivity index (χ3v) is 3.04. The highest BCUT2D eigenvalue weighted by Gasteiger charge is 2.13. The lowest BCUT2D eigenvalue weighted by molar-refractivity contribution is 0.0514. The molecule has 5 heteroatoms. The SMILES string of the molecule is CCOC(=O)c1cccn1Cc1cc(CC)nn1C. The van der Waals surface area contributed by atoms with Crippen LogP contribution in [-0.4, -0.2) is 26.9 Å². The van der Waals surface area contributed by atoms with Crippen molar-refractivity contribution >= 4 is 5.97 Å². The molecule has 0 saturated heterocycles. The van der Waals surface area contributed by atoms with Gasteiger partial charge < -0.3 is 9.30 Å². The molecule has 2 heterocycles. The molecule has 0 radical (unpaired) electrons. The first kappa shape index (κ1) is 13.4. The summed E-state index contributed by atoms with van der Waals surface area (Å²) in [6.45, 7) is 4.88. The van der Waals surface area contributed by atoms with E-state index in [0.29, 0.717) is 18.8 Å². The number of ether oxygens (including phenoxy) is 1. The van der Waals surface area contributed by atoms with Crippen LogP contribution in [0.1, 0.15) is 35.7 Å². The number of carbonyl (C=O) groups is 1. The minimum absolute atomic E-state index is 0.287. The van der Waals surface area contributed by atoms with Crippen molar-refractivity contribution in [2.75, 3.05) is 6.61 Å². The summed E-state index contributed by atoms with van der Waals surface area (Å²) in [6.07, 6.45) is 2.79. The van der Waals surface area contributed by atoms with Crippen LogP contribution in [0.2, 0.25) is 0 Å². The molecule has 0 bridgehead atoms. The molecule has 0 aliphatic rings. The molecule has 2 aromatic heterocycles. The lowest BCUT2D eigenvalue weighted by atomic mass is 10.3. The van der Waals surface area contributed by atoms with Gasteiger partial charge in [0.15, 0.2) is 0 Å². The van der Waals surface area contributed by atoms with Gasteiger partial charge in [0, 0.05) is 13.2 Å². The Balaban J connectivity index is 2.21. The Kier molecular flexibility index (Phi) is 4.04. The van der Waals surface area contributed by atoms with E-state index in [9.17, 15) is 4.79 Å². The predicted molar refractivity (Wildman–Crippen MR) is 72.1 cm³/mol. The molecular formula is C14H19N3O2. The number of esters is 1. The fraction of sp³-hybridized carbons (Fsp3) is 0.429. The highest BCUT2D eigenvalue weighted by atomic mass is 16.5. The first-order chi connectivity index (χ1) is 9.15. The average molecular weight is 261 g/mol. The van der Waals surface area contributed by atoms with Crippen LogP contribution in [0.3, 0.4) is 0 Å². The quantitative estimate of drug-likeness (QED) is 0.774. The summed E-state index contributed by atoms with van der Waals surface area (Å²) < 4.78 is 8.78. The van der Waals surface area contributed by atoms with Gasteiger partial charge in [-0.05, 0) is 31.5 Å². The normalized spacial score (nSPS) is 10.7. The second kappa shape index (κ2) is 5.73. The molecule has 0 N–H and O–H groups in total. The van der Waals surface area contributed by atoms with Crippen molar-refractivity contribution in [2.24, 2.45) is 7.05 Å². The summed E-state index contributed by atoms with van der Waals surface area (Å²) in [4.78, 5) is 11.8. The molecule has 0 aliphatic carbocycles. The molecular weight excluding hydrogens is 242 g/mol. The largest absolute Gasteiger partial charge is 0.461 e. The average Bonchev–Trinajstić information content (AvgIpc) is 2.98. The second-order valence-electron chi connectivity index (χ2n) is 4.35. The van der Waals surface area contributed by atoms with Crippen LogP contribution in [-0.2, 0) is 24.8 Å². The summed E-state index contributed by atoms with van der Waals surface area (Å²) in [5.74, 6) is -0.287. The third-order valence-electron chi connectivity index (χ3n) is 3.04. The molecule has 19 heavy (non-hydrogen) atoms. The van der Waals surface area contributed by atoms with E-state index in [0.717, 1.165) is 17.8 Å². The summed E-state index contributed by atoms with van der Waals surface area (Å²) in [5, 5.41) is 4.41. The Morgan fingerprint density at radius 2 is 2.21 bits per heavy atom. The summed E-state index contributed by atoms with van der Waals surface area (Å²) in [6, 6.07) is 5.69. The highest BCUT2D eigenvalue weighted by molar-refractivity contribution is 5.87. The van der Waals surface area contributed by atoms with Gasteiger partial charge in [0.2, 0.25) is 0 Å². The van der Waals surface area contributed by atoms with Gasteiger partial charge in [-0.1, -0.05) is 6.92 Å². The summed E-state index contributed by atoms with van der Waals surface area (Å²) >= 11 is 0. The standard InChI is InChI=1S/C14H19N3O2/c1-4-11-9-12(16(3)15-11)10-17-8-6-7-13(17)14(18)19-5-2/h6-9H,4-5,10H2,1-3H3. The monoisotopic (exact) mass is 261 g/mol. The molecule has 0 atom stereocenters. The Hall–Kier alpha value is -2.04. The predicted octanol–water partition coefficient (Wildman–Crippen LogP) is 2.01. The minimum Gasteiger partial charge on any atom is -0.461 e. The van der Waals surface area contributed by atoms with E-state index in [4.69, 9.17) is 4.74 Å². The van der Waals surface area contributed by atoms with Crippen molar-refractivity contribution in [1.82, 2.24) is 14.3 Å². The van der Waals surface area contributed by atoms with E-state index in [2.05, 4.69) is 18.1 Å². The Morgan fingerprint density at radius 1 is 1.42 bits per heavy atom. The molecule has 0 aromatic carbocycles. The van der Waals surface area contributed by atoms with Crippen molar-refractivity contribution < 1.29 is 9.53 Å². The van der Waals surface area contributed by atoms with Gasteiger partial charge in [-0.2, -0.15) is 5.10 Å². The lowest BCUT2D eigenvalue weighted by Gasteiger charge is -2.08. The molecule has 2 aromatic rings. The van der Waals surface area contributed by atoms with Crippen molar-refractivity contribution in [3.63, 3.8) is 0 Å². The zero-order chi connectivity index (χ0) is 13.8. The molecule has 5 nitrogen and oxygen atoms in total. The highest BCUT2D eigenvalue weighted by Crippen LogP contribution is 2.10. The van der Waals surface area contributed by atoms with Gasteiger partial charge in [-0.3, -0.25) is 4.68 Å². The molecule has 0 saturated carbocycles. The Bertz CT molecular complexity index is 569.